The van der Waals surface area contributed by atoms with Gasteiger partial charge in [0.25, 0.3) is 0 Å². The van der Waals surface area contributed by atoms with E-state index in [4.69, 9.17) is 4.99 Å². The summed E-state index contributed by atoms with van der Waals surface area (Å²) in [7, 11) is 0. The van der Waals surface area contributed by atoms with E-state index in [1.54, 1.807) is 0 Å². The van der Waals surface area contributed by atoms with E-state index in [1.165, 1.54) is 27.7 Å². The maximum atomic E-state index is 4.71. The van der Waals surface area contributed by atoms with E-state index in [0.717, 1.165) is 50.7 Å². The number of aromatic nitrogens is 3. The fourth-order valence-corrected chi connectivity index (χ4v) is 3.62. The Hall–Kier alpha value is -2.76. The van der Waals surface area contributed by atoms with E-state index in [2.05, 4.69) is 76.6 Å². The summed E-state index contributed by atoms with van der Waals surface area (Å²) >= 11 is 0. The second-order valence-electron chi connectivity index (χ2n) is 7.25. The van der Waals surface area contributed by atoms with Crippen LogP contribution in [-0.2, 0) is 13.0 Å². The third kappa shape index (κ3) is 4.94. The van der Waals surface area contributed by atoms with Crippen molar-refractivity contribution in [3.05, 3.63) is 53.0 Å². The number of rotatable bonds is 8. The van der Waals surface area contributed by atoms with Crippen molar-refractivity contribution in [2.45, 2.75) is 47.1 Å². The highest BCUT2D eigenvalue weighted by molar-refractivity contribution is 5.86. The summed E-state index contributed by atoms with van der Waals surface area (Å²) in [6.07, 6.45) is 4.05. The van der Waals surface area contributed by atoms with E-state index in [9.17, 15) is 0 Å². The zero-order valence-electron chi connectivity index (χ0n) is 17.5. The van der Waals surface area contributed by atoms with Gasteiger partial charge in [0.15, 0.2) is 5.96 Å². The molecule has 0 bridgehead atoms. The van der Waals surface area contributed by atoms with Gasteiger partial charge in [0.1, 0.15) is 0 Å². The zero-order chi connectivity index (χ0) is 19.9. The molecule has 0 saturated carbocycles. The highest BCUT2D eigenvalue weighted by Crippen LogP contribution is 2.22. The average Bonchev–Trinajstić information content (AvgIpc) is 3.22. The molecular weight excluding hydrogens is 348 g/mol. The van der Waals surface area contributed by atoms with Gasteiger partial charge in [-0.15, -0.1) is 0 Å². The fourth-order valence-electron chi connectivity index (χ4n) is 3.62. The third-order valence-corrected chi connectivity index (χ3v) is 4.93. The van der Waals surface area contributed by atoms with Crippen molar-refractivity contribution < 1.29 is 0 Å². The lowest BCUT2D eigenvalue weighted by Gasteiger charge is -2.11. The molecule has 3 aromatic rings. The summed E-state index contributed by atoms with van der Waals surface area (Å²) in [6.45, 7) is 11.8. The Morgan fingerprint density at radius 2 is 2.07 bits per heavy atom. The number of nitrogens with one attached hydrogen (secondary N) is 3. The largest absolute Gasteiger partial charge is 0.361 e. The zero-order valence-corrected chi connectivity index (χ0v) is 17.5. The van der Waals surface area contributed by atoms with Crippen LogP contribution < -0.4 is 10.6 Å². The smallest absolute Gasteiger partial charge is 0.191 e. The minimum absolute atomic E-state index is 0.778. The number of guanidine groups is 1. The molecule has 0 spiro atoms. The molecule has 0 saturated heterocycles. The van der Waals surface area contributed by atoms with Crippen LogP contribution in [0.15, 0.2) is 35.5 Å². The van der Waals surface area contributed by atoms with Crippen molar-refractivity contribution in [1.82, 2.24) is 25.4 Å². The van der Waals surface area contributed by atoms with Gasteiger partial charge in [-0.05, 0) is 63.8 Å². The Kier molecular flexibility index (Phi) is 6.74. The number of H-pyrrole nitrogens is 1. The van der Waals surface area contributed by atoms with Crippen LogP contribution in [0.25, 0.3) is 10.9 Å². The Morgan fingerprint density at radius 1 is 1.21 bits per heavy atom. The highest BCUT2D eigenvalue weighted by Gasteiger charge is 2.06. The van der Waals surface area contributed by atoms with Gasteiger partial charge in [-0.25, -0.2) is 0 Å². The first kappa shape index (κ1) is 20.0. The van der Waals surface area contributed by atoms with Gasteiger partial charge in [0, 0.05) is 49.0 Å². The Balaban J connectivity index is 1.51. The summed E-state index contributed by atoms with van der Waals surface area (Å²) in [5.41, 5.74) is 6.16. The molecule has 3 rings (SSSR count). The van der Waals surface area contributed by atoms with Crippen molar-refractivity contribution in [3.63, 3.8) is 0 Å². The number of hydrogen-bond donors (Lipinski definition) is 3. The maximum Gasteiger partial charge on any atom is 0.191 e. The number of aliphatic imine (C=N–C) groups is 1. The molecule has 0 aliphatic heterocycles. The molecule has 0 fully saturated rings. The van der Waals surface area contributed by atoms with Crippen LogP contribution in [0, 0.1) is 20.8 Å². The van der Waals surface area contributed by atoms with Crippen molar-refractivity contribution in [3.8, 4) is 0 Å². The lowest BCUT2D eigenvalue weighted by molar-refractivity contribution is 0.567. The molecule has 3 N–H and O–H groups in total. The third-order valence-electron chi connectivity index (χ3n) is 4.93. The Labute approximate surface area is 167 Å². The van der Waals surface area contributed by atoms with Gasteiger partial charge >= 0.3 is 0 Å². The monoisotopic (exact) mass is 380 g/mol. The number of aromatic amines is 1. The first-order valence-electron chi connectivity index (χ1n) is 10.2. The molecule has 0 aliphatic rings. The van der Waals surface area contributed by atoms with E-state index >= 15 is 0 Å². The minimum atomic E-state index is 0.778. The molecule has 6 heteroatoms. The van der Waals surface area contributed by atoms with Gasteiger partial charge < -0.3 is 15.6 Å². The second-order valence-corrected chi connectivity index (χ2v) is 7.25. The number of benzene rings is 1. The van der Waals surface area contributed by atoms with Crippen LogP contribution in [0.2, 0.25) is 0 Å². The first-order valence-corrected chi connectivity index (χ1v) is 10.2. The number of nitrogens with zero attached hydrogens (tertiary/aromatic N) is 3. The lowest BCUT2D eigenvalue weighted by atomic mass is 10.1. The molecule has 150 valence electrons. The molecule has 1 aromatic carbocycles. The van der Waals surface area contributed by atoms with Crippen LogP contribution in [0.5, 0.6) is 0 Å². The van der Waals surface area contributed by atoms with Gasteiger partial charge in [0.05, 0.1) is 5.69 Å². The lowest BCUT2D eigenvalue weighted by Crippen LogP contribution is -2.38. The minimum Gasteiger partial charge on any atom is -0.361 e. The summed E-state index contributed by atoms with van der Waals surface area (Å²) in [4.78, 5) is 8.08. The van der Waals surface area contributed by atoms with Crippen LogP contribution in [-0.4, -0.2) is 40.4 Å². The number of aryl methyl sites for hydroxylation is 4. The van der Waals surface area contributed by atoms with Gasteiger partial charge in [-0.2, -0.15) is 5.10 Å². The molecule has 2 heterocycles. The van der Waals surface area contributed by atoms with Crippen molar-refractivity contribution in [1.29, 1.82) is 0 Å². The standard InChI is InChI=1S/C22H32N6/c1-5-23-22(24-11-7-13-28-18(4)14-17(3)27-28)25-12-10-19-15-26-20-9-6-8-16(2)21(19)20/h6,8-9,14-15,26H,5,7,10-13H2,1-4H3,(H2,23,24,25). The van der Waals surface area contributed by atoms with Gasteiger partial charge in [0.2, 0.25) is 0 Å². The summed E-state index contributed by atoms with van der Waals surface area (Å²) in [5, 5.41) is 12.6. The number of hydrogen-bond acceptors (Lipinski definition) is 2. The van der Waals surface area contributed by atoms with E-state index in [0.29, 0.717) is 0 Å². The van der Waals surface area contributed by atoms with Crippen LogP contribution >= 0.6 is 0 Å². The van der Waals surface area contributed by atoms with Crippen LogP contribution in [0.4, 0.5) is 0 Å². The first-order chi connectivity index (χ1) is 13.6. The van der Waals surface area contributed by atoms with Crippen LogP contribution in [0.3, 0.4) is 0 Å². The summed E-state index contributed by atoms with van der Waals surface area (Å²) in [6, 6.07) is 8.51. The van der Waals surface area contributed by atoms with Crippen LogP contribution in [0.1, 0.15) is 35.9 Å². The molecule has 0 unspecified atom stereocenters. The predicted molar refractivity (Wildman–Crippen MR) is 117 cm³/mol. The SMILES string of the molecule is CCNC(=NCCCn1nc(C)cc1C)NCCc1c[nH]c2cccc(C)c12. The predicted octanol–water partition coefficient (Wildman–Crippen LogP) is 3.48. The highest BCUT2D eigenvalue weighted by atomic mass is 15.3. The van der Waals surface area contributed by atoms with E-state index < -0.39 is 0 Å². The molecular formula is C22H32N6. The molecule has 6 nitrogen and oxygen atoms in total. The second kappa shape index (κ2) is 9.44. The van der Waals surface area contributed by atoms with Crippen molar-refractivity contribution in [2.24, 2.45) is 4.99 Å². The molecule has 0 aliphatic carbocycles. The maximum absolute atomic E-state index is 4.71. The molecule has 0 atom stereocenters. The Morgan fingerprint density at radius 3 is 2.82 bits per heavy atom. The van der Waals surface area contributed by atoms with E-state index in [-0.39, 0.29) is 0 Å². The summed E-state index contributed by atoms with van der Waals surface area (Å²) < 4.78 is 2.06. The molecule has 0 radical (unpaired) electrons. The number of fused-ring (bicyclic) bond motifs is 1. The Bertz CT molecular complexity index is 934. The molecule has 2 aromatic heterocycles. The fraction of sp³-hybridized carbons (Fsp3) is 0.455. The van der Waals surface area contributed by atoms with E-state index in [1.807, 2.05) is 6.92 Å². The van der Waals surface area contributed by atoms with Crippen molar-refractivity contribution >= 4 is 16.9 Å². The van der Waals surface area contributed by atoms with Crippen molar-refractivity contribution in [2.75, 3.05) is 19.6 Å². The molecule has 0 amide bonds. The molecule has 28 heavy (non-hydrogen) atoms. The van der Waals surface area contributed by atoms with Gasteiger partial charge in [-0.3, -0.25) is 9.67 Å². The summed E-state index contributed by atoms with van der Waals surface area (Å²) in [5.74, 6) is 0.882. The quantitative estimate of drug-likeness (QED) is 0.318. The topological polar surface area (TPSA) is 70.0 Å². The van der Waals surface area contributed by atoms with Gasteiger partial charge in [-0.1, -0.05) is 12.1 Å². The average molecular weight is 381 g/mol. The normalized spacial score (nSPS) is 11.9.